The fourth-order valence-corrected chi connectivity index (χ4v) is 1.68. The third-order valence-corrected chi connectivity index (χ3v) is 2.58. The molecule has 1 aromatic carbocycles. The standard InChI is InChI=1S/C14H12FNO/c1-10-5-4-8-16-14(10)13(17)9-11-6-2-3-7-12(11)15/h2-8H,9H2,1H3. The Morgan fingerprint density at radius 1 is 1.24 bits per heavy atom. The Bertz CT molecular complexity index is 551. The van der Waals surface area contributed by atoms with Crippen molar-refractivity contribution in [3.63, 3.8) is 0 Å². The maximum Gasteiger partial charge on any atom is 0.185 e. The van der Waals surface area contributed by atoms with E-state index in [0.717, 1.165) is 5.56 Å². The monoisotopic (exact) mass is 229 g/mol. The molecule has 0 atom stereocenters. The van der Waals surface area contributed by atoms with Gasteiger partial charge in [0.2, 0.25) is 0 Å². The third kappa shape index (κ3) is 2.56. The van der Waals surface area contributed by atoms with E-state index < -0.39 is 0 Å². The molecular weight excluding hydrogens is 217 g/mol. The molecule has 0 bridgehead atoms. The topological polar surface area (TPSA) is 30.0 Å². The van der Waals surface area contributed by atoms with Crippen LogP contribution in [-0.4, -0.2) is 10.8 Å². The predicted octanol–water partition coefficient (Wildman–Crippen LogP) is 2.95. The number of rotatable bonds is 3. The Morgan fingerprint density at radius 3 is 2.71 bits per heavy atom. The minimum Gasteiger partial charge on any atom is -0.292 e. The molecule has 86 valence electrons. The molecule has 0 radical (unpaired) electrons. The van der Waals surface area contributed by atoms with Crippen LogP contribution in [0.15, 0.2) is 42.6 Å². The summed E-state index contributed by atoms with van der Waals surface area (Å²) >= 11 is 0. The summed E-state index contributed by atoms with van der Waals surface area (Å²) in [7, 11) is 0. The van der Waals surface area contributed by atoms with Crippen molar-refractivity contribution in [2.45, 2.75) is 13.3 Å². The van der Waals surface area contributed by atoms with Crippen molar-refractivity contribution >= 4 is 5.78 Å². The summed E-state index contributed by atoms with van der Waals surface area (Å²) in [4.78, 5) is 16.0. The molecule has 0 fully saturated rings. The van der Waals surface area contributed by atoms with Crippen LogP contribution in [0.2, 0.25) is 0 Å². The number of carbonyl (C=O) groups excluding carboxylic acids is 1. The van der Waals surface area contributed by atoms with Crippen molar-refractivity contribution in [1.29, 1.82) is 0 Å². The Hall–Kier alpha value is -2.03. The number of pyridine rings is 1. The van der Waals surface area contributed by atoms with Crippen molar-refractivity contribution in [2.75, 3.05) is 0 Å². The second kappa shape index (κ2) is 4.87. The van der Waals surface area contributed by atoms with E-state index in [9.17, 15) is 9.18 Å². The van der Waals surface area contributed by atoms with Gasteiger partial charge in [-0.15, -0.1) is 0 Å². The minimum absolute atomic E-state index is 0.0462. The molecule has 17 heavy (non-hydrogen) atoms. The molecule has 0 N–H and O–H groups in total. The first-order valence-electron chi connectivity index (χ1n) is 5.36. The van der Waals surface area contributed by atoms with Crippen LogP contribution in [0.4, 0.5) is 4.39 Å². The first-order valence-corrected chi connectivity index (χ1v) is 5.36. The van der Waals surface area contributed by atoms with Crippen molar-refractivity contribution in [3.05, 3.63) is 65.2 Å². The van der Waals surface area contributed by atoms with Crippen LogP contribution < -0.4 is 0 Å². The number of ketones is 1. The molecule has 2 aromatic rings. The van der Waals surface area contributed by atoms with Gasteiger partial charge in [0.15, 0.2) is 5.78 Å². The molecule has 1 heterocycles. The van der Waals surface area contributed by atoms with E-state index in [1.54, 1.807) is 30.5 Å². The van der Waals surface area contributed by atoms with Gasteiger partial charge in [-0.2, -0.15) is 0 Å². The van der Waals surface area contributed by atoms with Crippen molar-refractivity contribution in [1.82, 2.24) is 4.98 Å². The molecule has 0 amide bonds. The van der Waals surface area contributed by atoms with E-state index in [-0.39, 0.29) is 18.0 Å². The zero-order valence-electron chi connectivity index (χ0n) is 9.48. The molecule has 0 aliphatic carbocycles. The summed E-state index contributed by atoms with van der Waals surface area (Å²) in [5, 5.41) is 0. The average molecular weight is 229 g/mol. The second-order valence-corrected chi connectivity index (χ2v) is 3.86. The SMILES string of the molecule is Cc1cccnc1C(=O)Cc1ccccc1F. The molecule has 0 unspecified atom stereocenters. The first kappa shape index (κ1) is 11.5. The molecule has 2 rings (SSSR count). The molecule has 3 heteroatoms. The van der Waals surface area contributed by atoms with Crippen LogP contribution in [0.5, 0.6) is 0 Å². The van der Waals surface area contributed by atoms with Gasteiger partial charge in [0.1, 0.15) is 11.5 Å². The summed E-state index contributed by atoms with van der Waals surface area (Å²) in [6, 6.07) is 9.89. The van der Waals surface area contributed by atoms with Gasteiger partial charge in [0, 0.05) is 12.6 Å². The highest BCUT2D eigenvalue weighted by atomic mass is 19.1. The highest BCUT2D eigenvalue weighted by Gasteiger charge is 2.12. The maximum absolute atomic E-state index is 13.4. The number of halogens is 1. The molecule has 0 aliphatic heterocycles. The number of hydrogen-bond donors (Lipinski definition) is 0. The van der Waals surface area contributed by atoms with E-state index in [4.69, 9.17) is 0 Å². The number of carbonyl (C=O) groups is 1. The average Bonchev–Trinajstić information content (AvgIpc) is 2.32. The highest BCUT2D eigenvalue weighted by molar-refractivity contribution is 5.96. The van der Waals surface area contributed by atoms with E-state index in [1.165, 1.54) is 6.07 Å². The number of nitrogens with zero attached hydrogens (tertiary/aromatic N) is 1. The zero-order chi connectivity index (χ0) is 12.3. The van der Waals surface area contributed by atoms with Crippen LogP contribution in [0.25, 0.3) is 0 Å². The normalized spacial score (nSPS) is 10.2. The summed E-state index contributed by atoms with van der Waals surface area (Å²) in [6.45, 7) is 1.82. The van der Waals surface area contributed by atoms with Gasteiger partial charge in [-0.3, -0.25) is 9.78 Å². The zero-order valence-corrected chi connectivity index (χ0v) is 9.48. The van der Waals surface area contributed by atoms with Gasteiger partial charge in [-0.25, -0.2) is 4.39 Å². The molecular formula is C14H12FNO. The van der Waals surface area contributed by atoms with E-state index in [2.05, 4.69) is 4.98 Å². The highest BCUT2D eigenvalue weighted by Crippen LogP contribution is 2.12. The lowest BCUT2D eigenvalue weighted by Crippen LogP contribution is -2.09. The summed E-state index contributed by atoms with van der Waals surface area (Å²) in [5.74, 6) is -0.511. The summed E-state index contributed by atoms with van der Waals surface area (Å²) < 4.78 is 13.4. The van der Waals surface area contributed by atoms with Gasteiger partial charge in [0.05, 0.1) is 0 Å². The molecule has 0 spiro atoms. The molecule has 2 nitrogen and oxygen atoms in total. The van der Waals surface area contributed by atoms with Gasteiger partial charge in [-0.05, 0) is 30.2 Å². The van der Waals surface area contributed by atoms with Gasteiger partial charge >= 0.3 is 0 Å². The van der Waals surface area contributed by atoms with Crippen LogP contribution in [0.3, 0.4) is 0 Å². The predicted molar refractivity (Wildman–Crippen MR) is 63.4 cm³/mol. The largest absolute Gasteiger partial charge is 0.292 e. The van der Waals surface area contributed by atoms with E-state index in [0.29, 0.717) is 11.3 Å². The van der Waals surface area contributed by atoms with Crippen LogP contribution in [0.1, 0.15) is 21.6 Å². The fraction of sp³-hybridized carbons (Fsp3) is 0.143. The van der Waals surface area contributed by atoms with Crippen LogP contribution in [0, 0.1) is 12.7 Å². The fourth-order valence-electron chi connectivity index (χ4n) is 1.68. The van der Waals surface area contributed by atoms with Gasteiger partial charge in [0.25, 0.3) is 0 Å². The van der Waals surface area contributed by atoms with Crippen molar-refractivity contribution in [2.24, 2.45) is 0 Å². The van der Waals surface area contributed by atoms with Crippen LogP contribution >= 0.6 is 0 Å². The quantitative estimate of drug-likeness (QED) is 0.757. The number of Topliss-reactive ketones (excluding diaryl/α,β-unsaturated/α-hetero) is 1. The van der Waals surface area contributed by atoms with E-state index in [1.807, 2.05) is 13.0 Å². The Balaban J connectivity index is 2.24. The molecule has 0 saturated heterocycles. The summed E-state index contributed by atoms with van der Waals surface area (Å²) in [5.41, 5.74) is 1.63. The van der Waals surface area contributed by atoms with Crippen LogP contribution in [-0.2, 0) is 6.42 Å². The Morgan fingerprint density at radius 2 is 2.00 bits per heavy atom. The number of aryl methyl sites for hydroxylation is 1. The lowest BCUT2D eigenvalue weighted by molar-refractivity contribution is 0.0986. The minimum atomic E-state index is -0.352. The first-order chi connectivity index (χ1) is 8.18. The molecule has 0 aliphatic rings. The van der Waals surface area contributed by atoms with Gasteiger partial charge < -0.3 is 0 Å². The van der Waals surface area contributed by atoms with E-state index >= 15 is 0 Å². The molecule has 1 aromatic heterocycles. The van der Waals surface area contributed by atoms with Crippen molar-refractivity contribution < 1.29 is 9.18 Å². The second-order valence-electron chi connectivity index (χ2n) is 3.86. The Labute approximate surface area is 99.1 Å². The third-order valence-electron chi connectivity index (χ3n) is 2.58. The molecule has 0 saturated carbocycles. The lowest BCUT2D eigenvalue weighted by atomic mass is 10.0. The maximum atomic E-state index is 13.4. The van der Waals surface area contributed by atoms with Gasteiger partial charge in [-0.1, -0.05) is 24.3 Å². The Kier molecular flexibility index (Phi) is 3.28. The summed E-state index contributed by atoms with van der Waals surface area (Å²) in [6.07, 6.45) is 1.62. The van der Waals surface area contributed by atoms with Crippen molar-refractivity contribution in [3.8, 4) is 0 Å². The number of benzene rings is 1. The lowest BCUT2D eigenvalue weighted by Gasteiger charge is -2.04. The number of aromatic nitrogens is 1. The smallest absolute Gasteiger partial charge is 0.185 e. The number of hydrogen-bond acceptors (Lipinski definition) is 2.